The molecule has 1 fully saturated rings. The zero-order valence-corrected chi connectivity index (χ0v) is 11.7. The van der Waals surface area contributed by atoms with Gasteiger partial charge in [-0.15, -0.1) is 6.58 Å². The number of hydrogen-bond acceptors (Lipinski definition) is 1. The largest absolute Gasteiger partial charge is 0.322 e. The highest BCUT2D eigenvalue weighted by atomic mass is 35.5. The van der Waals surface area contributed by atoms with E-state index in [4.69, 9.17) is 11.6 Å². The van der Waals surface area contributed by atoms with Crippen molar-refractivity contribution in [2.75, 3.05) is 12.4 Å². The van der Waals surface area contributed by atoms with Crippen molar-refractivity contribution in [2.24, 2.45) is 5.92 Å². The number of carbonyl (C=O) groups is 1. The maximum absolute atomic E-state index is 12.2. The first kappa shape index (κ1) is 12.5. The maximum atomic E-state index is 12.2. The molecule has 2 aliphatic rings. The molecule has 0 radical (unpaired) electrons. The summed E-state index contributed by atoms with van der Waals surface area (Å²) >= 11 is 6.16. The van der Waals surface area contributed by atoms with Crippen molar-refractivity contribution < 1.29 is 4.79 Å². The summed E-state index contributed by atoms with van der Waals surface area (Å²) in [6.07, 6.45) is 4.96. The highest BCUT2D eigenvalue weighted by Crippen LogP contribution is 2.55. The molecule has 100 valence electrons. The molecule has 19 heavy (non-hydrogen) atoms. The van der Waals surface area contributed by atoms with Gasteiger partial charge in [0.25, 0.3) is 0 Å². The molecule has 1 atom stereocenters. The van der Waals surface area contributed by atoms with Gasteiger partial charge in [0.05, 0.1) is 5.54 Å². The highest BCUT2D eigenvalue weighted by molar-refractivity contribution is 6.30. The minimum atomic E-state index is -0.287. The number of urea groups is 1. The monoisotopic (exact) mass is 276 g/mol. The second-order valence-electron chi connectivity index (χ2n) is 5.37. The van der Waals surface area contributed by atoms with E-state index < -0.39 is 0 Å². The van der Waals surface area contributed by atoms with Crippen LogP contribution in [0.1, 0.15) is 24.8 Å². The first-order valence-corrected chi connectivity index (χ1v) is 6.93. The summed E-state index contributed by atoms with van der Waals surface area (Å²) in [5.74, 6) is 0.499. The number of benzene rings is 1. The minimum absolute atomic E-state index is 0.0522. The summed E-state index contributed by atoms with van der Waals surface area (Å²) in [5.41, 5.74) is 1.70. The van der Waals surface area contributed by atoms with Crippen LogP contribution >= 0.6 is 11.6 Å². The third kappa shape index (κ3) is 1.76. The SMILES string of the molecule is C=CCC1(C2CC2)c2cc(Cl)ccc2NC(=O)N1C. The molecule has 1 aliphatic carbocycles. The number of rotatable bonds is 3. The number of anilines is 1. The van der Waals surface area contributed by atoms with Gasteiger partial charge in [-0.3, -0.25) is 0 Å². The van der Waals surface area contributed by atoms with Gasteiger partial charge >= 0.3 is 6.03 Å². The smallest absolute Gasteiger partial charge is 0.317 e. The van der Waals surface area contributed by atoms with E-state index in [-0.39, 0.29) is 11.6 Å². The molecular formula is C15H17ClN2O. The van der Waals surface area contributed by atoms with Crippen molar-refractivity contribution in [1.29, 1.82) is 0 Å². The number of carbonyl (C=O) groups excluding carboxylic acids is 1. The Bertz CT molecular complexity index is 553. The van der Waals surface area contributed by atoms with Gasteiger partial charge in [0.15, 0.2) is 0 Å². The molecule has 1 N–H and O–H groups in total. The lowest BCUT2D eigenvalue weighted by Crippen LogP contribution is -2.53. The molecule has 3 nitrogen and oxygen atoms in total. The fraction of sp³-hybridized carbons (Fsp3) is 0.400. The van der Waals surface area contributed by atoms with E-state index in [1.807, 2.05) is 36.2 Å². The Morgan fingerprint density at radius 2 is 2.32 bits per heavy atom. The maximum Gasteiger partial charge on any atom is 0.322 e. The van der Waals surface area contributed by atoms with E-state index in [0.29, 0.717) is 10.9 Å². The average molecular weight is 277 g/mol. The molecule has 2 amide bonds. The summed E-state index contributed by atoms with van der Waals surface area (Å²) in [7, 11) is 1.86. The summed E-state index contributed by atoms with van der Waals surface area (Å²) in [4.78, 5) is 14.0. The standard InChI is InChI=1S/C15H17ClN2O/c1-3-8-15(10-4-5-10)12-9-11(16)6-7-13(12)17-14(19)18(15)2/h3,6-7,9-10H,1,4-5,8H2,2H3,(H,17,19). The summed E-state index contributed by atoms with van der Waals surface area (Å²) in [6, 6.07) is 5.64. The normalized spacial score (nSPS) is 25.8. The molecule has 4 heteroatoms. The molecule has 1 aliphatic heterocycles. The highest BCUT2D eigenvalue weighted by Gasteiger charge is 2.53. The van der Waals surface area contributed by atoms with Crippen LogP contribution in [0.2, 0.25) is 5.02 Å². The fourth-order valence-corrected chi connectivity index (χ4v) is 3.40. The average Bonchev–Trinajstić information content (AvgIpc) is 3.21. The Balaban J connectivity index is 2.22. The molecule has 1 saturated carbocycles. The van der Waals surface area contributed by atoms with Crippen LogP contribution in [0.5, 0.6) is 0 Å². The van der Waals surface area contributed by atoms with Crippen LogP contribution in [0.3, 0.4) is 0 Å². The van der Waals surface area contributed by atoms with Crippen molar-refractivity contribution in [3.05, 3.63) is 41.4 Å². The van der Waals surface area contributed by atoms with Crippen LogP contribution in [-0.2, 0) is 5.54 Å². The number of hydrogen-bond donors (Lipinski definition) is 1. The van der Waals surface area contributed by atoms with Crippen molar-refractivity contribution >= 4 is 23.3 Å². The van der Waals surface area contributed by atoms with E-state index in [1.54, 1.807) is 0 Å². The van der Waals surface area contributed by atoms with E-state index in [2.05, 4.69) is 11.9 Å². The van der Waals surface area contributed by atoms with Crippen molar-refractivity contribution in [1.82, 2.24) is 4.90 Å². The van der Waals surface area contributed by atoms with Crippen LogP contribution in [0.15, 0.2) is 30.9 Å². The van der Waals surface area contributed by atoms with E-state index in [9.17, 15) is 4.79 Å². The Morgan fingerprint density at radius 1 is 1.58 bits per heavy atom. The lowest BCUT2D eigenvalue weighted by atomic mass is 9.78. The second-order valence-corrected chi connectivity index (χ2v) is 5.81. The zero-order chi connectivity index (χ0) is 13.6. The topological polar surface area (TPSA) is 32.3 Å². The first-order chi connectivity index (χ1) is 9.09. The van der Waals surface area contributed by atoms with Crippen molar-refractivity contribution in [3.63, 3.8) is 0 Å². The van der Waals surface area contributed by atoms with Crippen LogP contribution in [0.4, 0.5) is 10.5 Å². The number of fused-ring (bicyclic) bond motifs is 1. The van der Waals surface area contributed by atoms with Crippen LogP contribution in [-0.4, -0.2) is 18.0 Å². The zero-order valence-electron chi connectivity index (χ0n) is 10.9. The number of nitrogens with one attached hydrogen (secondary N) is 1. The predicted molar refractivity (Wildman–Crippen MR) is 77.4 cm³/mol. The Morgan fingerprint density at radius 3 is 2.95 bits per heavy atom. The van der Waals surface area contributed by atoms with Gasteiger partial charge in [-0.05, 0) is 43.4 Å². The summed E-state index contributed by atoms with van der Waals surface area (Å²) in [5, 5.41) is 3.63. The van der Waals surface area contributed by atoms with E-state index in [1.165, 1.54) is 0 Å². The molecule has 1 heterocycles. The van der Waals surface area contributed by atoms with E-state index in [0.717, 1.165) is 30.5 Å². The van der Waals surface area contributed by atoms with Gasteiger partial charge in [0.1, 0.15) is 0 Å². The molecule has 3 rings (SSSR count). The fourth-order valence-electron chi connectivity index (χ4n) is 3.23. The summed E-state index contributed by atoms with van der Waals surface area (Å²) in [6.45, 7) is 3.87. The molecule has 0 aromatic heterocycles. The minimum Gasteiger partial charge on any atom is -0.317 e. The van der Waals surface area contributed by atoms with Gasteiger partial charge in [0, 0.05) is 23.3 Å². The Hall–Kier alpha value is -1.48. The lowest BCUT2D eigenvalue weighted by molar-refractivity contribution is 0.120. The number of nitrogens with zero attached hydrogens (tertiary/aromatic N) is 1. The first-order valence-electron chi connectivity index (χ1n) is 6.55. The quantitative estimate of drug-likeness (QED) is 0.832. The third-order valence-corrected chi connectivity index (χ3v) is 4.54. The van der Waals surface area contributed by atoms with Crippen LogP contribution < -0.4 is 5.32 Å². The van der Waals surface area contributed by atoms with E-state index >= 15 is 0 Å². The lowest BCUT2D eigenvalue weighted by Gasteiger charge is -2.46. The summed E-state index contributed by atoms with van der Waals surface area (Å²) < 4.78 is 0. The van der Waals surface area contributed by atoms with Gasteiger partial charge in [-0.25, -0.2) is 4.79 Å². The van der Waals surface area contributed by atoms with Gasteiger partial charge in [-0.2, -0.15) is 0 Å². The Labute approximate surface area is 118 Å². The number of amides is 2. The molecule has 0 bridgehead atoms. The van der Waals surface area contributed by atoms with Gasteiger partial charge in [-0.1, -0.05) is 17.7 Å². The molecule has 1 aromatic rings. The second kappa shape index (κ2) is 4.27. The number of halogens is 1. The van der Waals surface area contributed by atoms with Gasteiger partial charge in [0.2, 0.25) is 0 Å². The van der Waals surface area contributed by atoms with Crippen LogP contribution in [0, 0.1) is 5.92 Å². The molecule has 1 unspecified atom stereocenters. The molecule has 0 spiro atoms. The third-order valence-electron chi connectivity index (χ3n) is 4.30. The molecule has 0 saturated heterocycles. The van der Waals surface area contributed by atoms with Gasteiger partial charge < -0.3 is 10.2 Å². The van der Waals surface area contributed by atoms with Crippen LogP contribution in [0.25, 0.3) is 0 Å². The van der Waals surface area contributed by atoms with Crippen molar-refractivity contribution in [2.45, 2.75) is 24.8 Å². The van der Waals surface area contributed by atoms with Crippen molar-refractivity contribution in [3.8, 4) is 0 Å². The predicted octanol–water partition coefficient (Wildman–Crippen LogP) is 4.00. The Kier molecular flexibility index (Phi) is 2.82. The molecule has 1 aromatic carbocycles. The molecular weight excluding hydrogens is 260 g/mol.